The summed E-state index contributed by atoms with van der Waals surface area (Å²) in [4.78, 5) is 22.8. The fourth-order valence-corrected chi connectivity index (χ4v) is 3.23. The summed E-state index contributed by atoms with van der Waals surface area (Å²) in [6.45, 7) is 8.84. The van der Waals surface area contributed by atoms with E-state index in [4.69, 9.17) is 9.47 Å². The van der Waals surface area contributed by atoms with Crippen molar-refractivity contribution in [3.63, 3.8) is 0 Å². The minimum Gasteiger partial charge on any atom is -0.421 e. The van der Waals surface area contributed by atoms with Crippen LogP contribution in [0.25, 0.3) is 6.08 Å². The van der Waals surface area contributed by atoms with Crippen molar-refractivity contribution in [3.05, 3.63) is 41.0 Å². The molecule has 0 atom stereocenters. The number of hydrogen-bond donors (Lipinski definition) is 0. The first-order valence-electron chi connectivity index (χ1n) is 11.0. The Morgan fingerprint density at radius 3 is 1.86 bits per heavy atom. The topological polar surface area (TPSA) is 52.6 Å². The van der Waals surface area contributed by atoms with E-state index in [9.17, 15) is 9.59 Å². The lowest BCUT2D eigenvalue weighted by Gasteiger charge is -2.22. The number of aryl methyl sites for hydroxylation is 1. The Hall–Kier alpha value is -2.10. The van der Waals surface area contributed by atoms with Crippen molar-refractivity contribution in [2.45, 2.75) is 92.3 Å². The van der Waals surface area contributed by atoms with E-state index in [-0.39, 0.29) is 5.92 Å². The van der Waals surface area contributed by atoms with Crippen LogP contribution in [0.2, 0.25) is 0 Å². The van der Waals surface area contributed by atoms with Crippen molar-refractivity contribution in [1.82, 2.24) is 0 Å². The Morgan fingerprint density at radius 2 is 1.38 bits per heavy atom. The molecule has 1 aromatic rings. The third-order valence-corrected chi connectivity index (χ3v) is 4.87. The molecule has 0 radical (unpaired) electrons. The molecule has 1 aromatic carbocycles. The van der Waals surface area contributed by atoms with Crippen LogP contribution in [0, 0.1) is 5.92 Å². The lowest BCUT2D eigenvalue weighted by atomic mass is 9.98. The van der Waals surface area contributed by atoms with Crippen molar-refractivity contribution in [1.29, 1.82) is 0 Å². The summed E-state index contributed by atoms with van der Waals surface area (Å²) in [5.74, 6) is -0.897. The fraction of sp³-hybridized carbons (Fsp3) is 0.600. The lowest BCUT2D eigenvalue weighted by molar-refractivity contribution is -0.178. The van der Waals surface area contributed by atoms with Gasteiger partial charge in [-0.2, -0.15) is 0 Å². The Bertz CT molecular complexity index is 627. The molecule has 0 amide bonds. The van der Waals surface area contributed by atoms with Gasteiger partial charge in [-0.1, -0.05) is 83.6 Å². The highest BCUT2D eigenvalue weighted by molar-refractivity contribution is 5.69. The molecule has 0 heterocycles. The molecule has 0 saturated carbocycles. The summed E-state index contributed by atoms with van der Waals surface area (Å²) in [5.41, 5.74) is 3.09. The zero-order chi connectivity index (χ0) is 21.6. The Balaban J connectivity index is 2.70. The maximum absolute atomic E-state index is 11.4. The zero-order valence-electron chi connectivity index (χ0n) is 18.8. The van der Waals surface area contributed by atoms with Crippen LogP contribution in [0.5, 0.6) is 0 Å². The van der Waals surface area contributed by atoms with E-state index < -0.39 is 18.2 Å². The molecule has 0 fully saturated rings. The Morgan fingerprint density at radius 1 is 0.862 bits per heavy atom. The molecule has 0 unspecified atom stereocenters. The van der Waals surface area contributed by atoms with Crippen LogP contribution in [0.15, 0.2) is 29.8 Å². The molecule has 0 aliphatic heterocycles. The van der Waals surface area contributed by atoms with Gasteiger partial charge in [0.1, 0.15) is 0 Å². The predicted molar refractivity (Wildman–Crippen MR) is 118 cm³/mol. The number of carbonyl (C=O) groups excluding carboxylic acids is 2. The van der Waals surface area contributed by atoms with E-state index >= 15 is 0 Å². The maximum Gasteiger partial charge on any atom is 0.305 e. The number of carbonyl (C=O) groups is 2. The van der Waals surface area contributed by atoms with Gasteiger partial charge in [0.2, 0.25) is 0 Å². The quantitative estimate of drug-likeness (QED) is 0.215. The van der Waals surface area contributed by atoms with Gasteiger partial charge in [-0.05, 0) is 36.0 Å². The third-order valence-electron chi connectivity index (χ3n) is 4.87. The molecule has 0 N–H and O–H groups in total. The Kier molecular flexibility index (Phi) is 12.0. The number of benzene rings is 1. The van der Waals surface area contributed by atoms with Crippen molar-refractivity contribution < 1.29 is 19.1 Å². The lowest BCUT2D eigenvalue weighted by Crippen LogP contribution is -2.26. The summed E-state index contributed by atoms with van der Waals surface area (Å²) < 4.78 is 10.5. The molecule has 4 heteroatoms. The van der Waals surface area contributed by atoms with Crippen LogP contribution in [0.4, 0.5) is 0 Å². The molecule has 1 rings (SSSR count). The predicted octanol–water partition coefficient (Wildman–Crippen LogP) is 6.47. The van der Waals surface area contributed by atoms with E-state index in [0.717, 1.165) is 17.6 Å². The van der Waals surface area contributed by atoms with Crippen LogP contribution < -0.4 is 0 Å². The van der Waals surface area contributed by atoms with Crippen molar-refractivity contribution in [2.75, 3.05) is 0 Å². The summed E-state index contributed by atoms with van der Waals surface area (Å²) in [6.07, 6.45) is 11.2. The normalized spacial score (nSPS) is 11.8. The molecule has 29 heavy (non-hydrogen) atoms. The third kappa shape index (κ3) is 10.9. The highest BCUT2D eigenvalue weighted by Crippen LogP contribution is 2.23. The van der Waals surface area contributed by atoms with Crippen LogP contribution in [0.3, 0.4) is 0 Å². The number of ether oxygens (including phenoxy) is 2. The average molecular weight is 403 g/mol. The molecular weight excluding hydrogens is 364 g/mol. The van der Waals surface area contributed by atoms with E-state index in [1.165, 1.54) is 64.4 Å². The van der Waals surface area contributed by atoms with E-state index in [1.807, 2.05) is 19.9 Å². The number of esters is 2. The first kappa shape index (κ1) is 24.9. The molecule has 162 valence electrons. The van der Waals surface area contributed by atoms with Gasteiger partial charge in [0.05, 0.1) is 0 Å². The second-order valence-corrected chi connectivity index (χ2v) is 7.96. The maximum atomic E-state index is 11.4. The van der Waals surface area contributed by atoms with Gasteiger partial charge >= 0.3 is 11.9 Å². The largest absolute Gasteiger partial charge is 0.421 e. The average Bonchev–Trinajstić information content (AvgIpc) is 2.65. The minimum absolute atomic E-state index is 0.0612. The van der Waals surface area contributed by atoms with Crippen molar-refractivity contribution in [3.8, 4) is 0 Å². The second-order valence-electron chi connectivity index (χ2n) is 7.96. The van der Waals surface area contributed by atoms with Crippen LogP contribution >= 0.6 is 0 Å². The molecule has 4 nitrogen and oxygen atoms in total. The number of rotatable bonds is 13. The van der Waals surface area contributed by atoms with Gasteiger partial charge in [-0.25, -0.2) is 0 Å². The zero-order valence-corrected chi connectivity index (χ0v) is 18.8. The summed E-state index contributed by atoms with van der Waals surface area (Å²) >= 11 is 0. The van der Waals surface area contributed by atoms with Gasteiger partial charge in [0, 0.05) is 19.4 Å². The molecule has 0 saturated heterocycles. The smallest absolute Gasteiger partial charge is 0.305 e. The first-order chi connectivity index (χ1) is 13.8. The van der Waals surface area contributed by atoms with E-state index in [2.05, 4.69) is 31.2 Å². The monoisotopic (exact) mass is 402 g/mol. The molecule has 0 bridgehead atoms. The van der Waals surface area contributed by atoms with Crippen LogP contribution in [0.1, 0.15) is 90.7 Å². The molecule has 0 aliphatic carbocycles. The second kappa shape index (κ2) is 14.0. The van der Waals surface area contributed by atoms with Gasteiger partial charge in [0.15, 0.2) is 0 Å². The summed E-state index contributed by atoms with van der Waals surface area (Å²) in [5, 5.41) is 0. The Labute approximate surface area is 176 Å². The van der Waals surface area contributed by atoms with Gasteiger partial charge in [0.25, 0.3) is 6.29 Å². The number of unbranched alkanes of at least 4 members (excludes halogenated alkanes) is 6. The van der Waals surface area contributed by atoms with Crippen LogP contribution in [-0.4, -0.2) is 18.2 Å². The fourth-order valence-electron chi connectivity index (χ4n) is 3.23. The van der Waals surface area contributed by atoms with Crippen molar-refractivity contribution >= 4 is 18.0 Å². The first-order valence-corrected chi connectivity index (χ1v) is 11.0. The highest BCUT2D eigenvalue weighted by Gasteiger charge is 2.23. The van der Waals surface area contributed by atoms with Gasteiger partial charge in [-0.15, -0.1) is 0 Å². The van der Waals surface area contributed by atoms with E-state index in [0.29, 0.717) is 0 Å². The summed E-state index contributed by atoms with van der Waals surface area (Å²) in [7, 11) is 0. The van der Waals surface area contributed by atoms with E-state index in [1.54, 1.807) is 0 Å². The summed E-state index contributed by atoms with van der Waals surface area (Å²) in [6, 6.07) is 8.43. The van der Waals surface area contributed by atoms with Crippen LogP contribution in [-0.2, 0) is 25.5 Å². The van der Waals surface area contributed by atoms with Gasteiger partial charge in [-0.3, -0.25) is 9.59 Å². The van der Waals surface area contributed by atoms with Gasteiger partial charge < -0.3 is 9.47 Å². The highest BCUT2D eigenvalue weighted by atomic mass is 16.7. The van der Waals surface area contributed by atoms with Crippen molar-refractivity contribution in [2.24, 2.45) is 5.92 Å². The minimum atomic E-state index is -0.989. The molecule has 0 aromatic heterocycles. The molecule has 0 spiro atoms. The molecule has 0 aliphatic rings. The molecular formula is C25H38O4. The standard InChI is InChI=1S/C25H38O4/c1-6-7-8-9-10-11-12-13-22-14-16-23(17-15-22)18-24(19(2)3)25(28-20(4)26)29-21(5)27/h14-19,25H,6-13H2,1-5H3. The SMILES string of the molecule is CCCCCCCCCc1ccc(C=C(C(C)C)C(OC(C)=O)OC(C)=O)cc1. The number of hydrogen-bond acceptors (Lipinski definition) is 4.